The van der Waals surface area contributed by atoms with Gasteiger partial charge in [-0.1, -0.05) is 57.0 Å². The number of carbonyl (C=O) groups excluding carboxylic acids is 1. The van der Waals surface area contributed by atoms with E-state index in [1.165, 1.54) is 0 Å². The van der Waals surface area contributed by atoms with Gasteiger partial charge in [-0.2, -0.15) is 0 Å². The van der Waals surface area contributed by atoms with E-state index in [-0.39, 0.29) is 10.9 Å². The largest absolute Gasteiger partial charge is 0.413 e. The van der Waals surface area contributed by atoms with Crippen LogP contribution in [0.15, 0.2) is 12.1 Å². The summed E-state index contributed by atoms with van der Waals surface area (Å²) in [6.45, 7) is 13.9. The van der Waals surface area contributed by atoms with Crippen LogP contribution in [0.4, 0.5) is 0 Å². The van der Waals surface area contributed by atoms with E-state index in [2.05, 4.69) is 39.2 Å². The molecule has 0 aromatic heterocycles. The third kappa shape index (κ3) is 6.07. The molecule has 0 fully saturated rings. The van der Waals surface area contributed by atoms with Crippen LogP contribution in [0.1, 0.15) is 45.2 Å². The van der Waals surface area contributed by atoms with Gasteiger partial charge in [-0.15, -0.1) is 0 Å². The first-order valence-electron chi connectivity index (χ1n) is 8.35. The summed E-state index contributed by atoms with van der Waals surface area (Å²) in [5.74, 6) is 0.0524. The van der Waals surface area contributed by atoms with Crippen molar-refractivity contribution in [1.29, 1.82) is 0 Å². The summed E-state index contributed by atoms with van der Waals surface area (Å²) in [5, 5.41) is 4.10. The van der Waals surface area contributed by atoms with E-state index in [9.17, 15) is 4.79 Å². The number of hydrogen-bond donors (Lipinski definition) is 1. The molecule has 0 aliphatic rings. The Bertz CT molecular complexity index is 583. The lowest BCUT2D eigenvalue weighted by molar-refractivity contribution is -0.120. The molecule has 0 aliphatic heterocycles. The van der Waals surface area contributed by atoms with Crippen molar-refractivity contribution in [3.63, 3.8) is 0 Å². The van der Waals surface area contributed by atoms with Crippen LogP contribution in [-0.4, -0.2) is 20.8 Å². The number of benzene rings is 1. The summed E-state index contributed by atoms with van der Waals surface area (Å²) in [7, 11) is -1.85. The lowest BCUT2D eigenvalue weighted by atomic mass is 10.1. The fourth-order valence-electron chi connectivity index (χ4n) is 1.90. The van der Waals surface area contributed by atoms with E-state index in [1.54, 1.807) is 0 Å². The fraction of sp³-hybridized carbons (Fsp3) is 0.611. The minimum absolute atomic E-state index is 0.0524. The Morgan fingerprint density at radius 3 is 2.42 bits per heavy atom. The zero-order chi connectivity index (χ0) is 18.5. The molecule has 1 N–H and O–H groups in total. The summed E-state index contributed by atoms with van der Waals surface area (Å²) in [5.41, 5.74) is 1.96. The molecule has 0 atom stereocenters. The third-order valence-electron chi connectivity index (χ3n) is 4.62. The molecule has 0 heterocycles. The number of halogens is 2. The van der Waals surface area contributed by atoms with E-state index in [4.69, 9.17) is 27.6 Å². The molecule has 0 saturated carbocycles. The van der Waals surface area contributed by atoms with Gasteiger partial charge in [0.1, 0.15) is 0 Å². The number of nitrogens with one attached hydrogen (secondary N) is 1. The smallest absolute Gasteiger partial charge is 0.219 e. The standard InChI is InChI=1S/C18H29Cl2NO2Si/c1-7-16(22)21-9-8-13-10-14(17(20)15(19)11-13)12-23-24(5,6)18(2,3)4/h10-11H,7-9,12H2,1-6H3,(H,21,22). The molecule has 0 unspecified atom stereocenters. The van der Waals surface area contributed by atoms with Crippen molar-refractivity contribution in [3.8, 4) is 0 Å². The molecule has 0 radical (unpaired) electrons. The second-order valence-electron chi connectivity index (χ2n) is 7.55. The normalized spacial score (nSPS) is 12.3. The Balaban J connectivity index is 2.82. The molecule has 1 aromatic rings. The average molecular weight is 390 g/mol. The lowest BCUT2D eigenvalue weighted by Gasteiger charge is -2.36. The van der Waals surface area contributed by atoms with Crippen LogP contribution in [0.25, 0.3) is 0 Å². The molecule has 0 aliphatic carbocycles. The van der Waals surface area contributed by atoms with Gasteiger partial charge in [0, 0.05) is 13.0 Å². The van der Waals surface area contributed by atoms with Crippen molar-refractivity contribution in [1.82, 2.24) is 5.32 Å². The maximum atomic E-state index is 11.3. The summed E-state index contributed by atoms with van der Waals surface area (Å²) in [4.78, 5) is 11.3. The van der Waals surface area contributed by atoms with E-state index in [0.29, 0.717) is 29.6 Å². The Morgan fingerprint density at radius 2 is 1.88 bits per heavy atom. The van der Waals surface area contributed by atoms with Crippen molar-refractivity contribution >= 4 is 37.4 Å². The van der Waals surface area contributed by atoms with Crippen LogP contribution in [0.5, 0.6) is 0 Å². The van der Waals surface area contributed by atoms with Gasteiger partial charge in [0.05, 0.1) is 16.7 Å². The number of rotatable bonds is 7. The summed E-state index contributed by atoms with van der Waals surface area (Å²) < 4.78 is 6.26. The first-order valence-corrected chi connectivity index (χ1v) is 12.0. The molecule has 3 nitrogen and oxygen atoms in total. The van der Waals surface area contributed by atoms with Crippen molar-refractivity contribution in [3.05, 3.63) is 33.3 Å². The molecule has 1 amide bonds. The molecule has 0 bridgehead atoms. The van der Waals surface area contributed by atoms with Crippen LogP contribution in [-0.2, 0) is 22.2 Å². The van der Waals surface area contributed by atoms with Gasteiger partial charge in [0.25, 0.3) is 0 Å². The van der Waals surface area contributed by atoms with E-state index in [0.717, 1.165) is 17.5 Å². The van der Waals surface area contributed by atoms with E-state index < -0.39 is 8.32 Å². The highest BCUT2D eigenvalue weighted by Gasteiger charge is 2.37. The minimum Gasteiger partial charge on any atom is -0.413 e. The van der Waals surface area contributed by atoms with Crippen LogP contribution in [0, 0.1) is 0 Å². The maximum absolute atomic E-state index is 11.3. The van der Waals surface area contributed by atoms with Gasteiger partial charge < -0.3 is 9.74 Å². The second kappa shape index (κ2) is 8.70. The number of hydrogen-bond acceptors (Lipinski definition) is 2. The van der Waals surface area contributed by atoms with Crippen LogP contribution in [0.3, 0.4) is 0 Å². The summed E-state index contributed by atoms with van der Waals surface area (Å²) in [6.07, 6.45) is 1.21. The number of amides is 1. The predicted molar refractivity (Wildman–Crippen MR) is 105 cm³/mol. The monoisotopic (exact) mass is 389 g/mol. The fourth-order valence-corrected chi connectivity index (χ4v) is 3.28. The Morgan fingerprint density at radius 1 is 1.25 bits per heavy atom. The zero-order valence-corrected chi connectivity index (χ0v) is 18.1. The van der Waals surface area contributed by atoms with Crippen LogP contribution >= 0.6 is 23.2 Å². The van der Waals surface area contributed by atoms with Crippen molar-refractivity contribution in [2.75, 3.05) is 6.54 Å². The van der Waals surface area contributed by atoms with Gasteiger partial charge in [0.2, 0.25) is 5.91 Å². The van der Waals surface area contributed by atoms with Crippen molar-refractivity contribution < 1.29 is 9.22 Å². The summed E-state index contributed by atoms with van der Waals surface area (Å²) in [6, 6.07) is 3.89. The number of carbonyl (C=O) groups is 1. The third-order valence-corrected chi connectivity index (χ3v) is 9.93. The molecule has 1 aromatic carbocycles. The van der Waals surface area contributed by atoms with Crippen molar-refractivity contribution in [2.24, 2.45) is 0 Å². The Kier molecular flexibility index (Phi) is 7.79. The Labute approximate surface area is 157 Å². The SMILES string of the molecule is CCC(=O)NCCc1cc(Cl)c(Cl)c(CO[Si](C)(C)C(C)(C)C)c1. The van der Waals surface area contributed by atoms with Gasteiger partial charge >= 0.3 is 0 Å². The van der Waals surface area contributed by atoms with Crippen molar-refractivity contribution in [2.45, 2.75) is 65.3 Å². The summed E-state index contributed by atoms with van der Waals surface area (Å²) >= 11 is 12.6. The highest BCUT2D eigenvalue weighted by Crippen LogP contribution is 2.38. The average Bonchev–Trinajstić information content (AvgIpc) is 2.47. The predicted octanol–water partition coefficient (Wildman–Crippen LogP) is 5.58. The van der Waals surface area contributed by atoms with Gasteiger partial charge in [0.15, 0.2) is 8.32 Å². The highest BCUT2D eigenvalue weighted by atomic mass is 35.5. The molecule has 136 valence electrons. The quantitative estimate of drug-likeness (QED) is 0.617. The van der Waals surface area contributed by atoms with Gasteiger partial charge in [-0.05, 0) is 41.7 Å². The Hall–Kier alpha value is -0.553. The van der Waals surface area contributed by atoms with Gasteiger partial charge in [-0.3, -0.25) is 4.79 Å². The minimum atomic E-state index is -1.85. The molecule has 0 spiro atoms. The molecular formula is C18H29Cl2NO2Si. The molecule has 6 heteroatoms. The van der Waals surface area contributed by atoms with Crippen LogP contribution in [0.2, 0.25) is 28.2 Å². The lowest BCUT2D eigenvalue weighted by Crippen LogP contribution is -2.40. The maximum Gasteiger partial charge on any atom is 0.219 e. The van der Waals surface area contributed by atoms with E-state index in [1.807, 2.05) is 19.1 Å². The van der Waals surface area contributed by atoms with Crippen LogP contribution < -0.4 is 5.32 Å². The second-order valence-corrected chi connectivity index (χ2v) is 13.1. The van der Waals surface area contributed by atoms with Gasteiger partial charge in [-0.25, -0.2) is 0 Å². The highest BCUT2D eigenvalue weighted by molar-refractivity contribution is 6.74. The topological polar surface area (TPSA) is 38.3 Å². The molecule has 0 saturated heterocycles. The molecular weight excluding hydrogens is 361 g/mol. The first kappa shape index (κ1) is 21.5. The first-order chi connectivity index (χ1) is 11.0. The molecule has 24 heavy (non-hydrogen) atoms. The molecule has 1 rings (SSSR count). The zero-order valence-electron chi connectivity index (χ0n) is 15.6. The van der Waals surface area contributed by atoms with E-state index >= 15 is 0 Å².